The number of nitrogens with one attached hydrogen (secondary N) is 2. The summed E-state index contributed by atoms with van der Waals surface area (Å²) in [6.45, 7) is 15.6. The molecule has 0 atom stereocenters. The number of piperazine rings is 1. The third-order valence-electron chi connectivity index (χ3n) is 7.26. The number of aromatic amines is 1. The van der Waals surface area contributed by atoms with Gasteiger partial charge in [0.15, 0.2) is 5.82 Å². The Hall–Kier alpha value is -3.36. The minimum atomic E-state index is 0.677. The number of hydrogen-bond acceptors (Lipinski definition) is 7. The van der Waals surface area contributed by atoms with Crippen LogP contribution < -0.4 is 15.0 Å². The molecule has 1 aliphatic rings. The van der Waals surface area contributed by atoms with Gasteiger partial charge in [-0.2, -0.15) is 0 Å². The van der Waals surface area contributed by atoms with Gasteiger partial charge in [-0.15, -0.1) is 0 Å². The topological polar surface area (TPSA) is 72.6 Å². The molecule has 4 aromatic rings. The van der Waals surface area contributed by atoms with Crippen molar-refractivity contribution in [3.05, 3.63) is 54.4 Å². The molecule has 37 heavy (non-hydrogen) atoms. The van der Waals surface area contributed by atoms with Crippen LogP contribution in [-0.2, 0) is 6.54 Å². The minimum Gasteiger partial charge on any atom is -0.492 e. The molecule has 5 rings (SSSR count). The van der Waals surface area contributed by atoms with Crippen molar-refractivity contribution in [3.8, 4) is 5.75 Å². The average molecular weight is 502 g/mol. The van der Waals surface area contributed by atoms with E-state index < -0.39 is 0 Å². The second-order valence-electron chi connectivity index (χ2n) is 9.50. The van der Waals surface area contributed by atoms with Gasteiger partial charge in [0.1, 0.15) is 22.6 Å². The van der Waals surface area contributed by atoms with Crippen molar-refractivity contribution in [1.29, 1.82) is 0 Å². The summed E-state index contributed by atoms with van der Waals surface area (Å²) in [4.78, 5) is 20.9. The lowest BCUT2D eigenvalue weighted by Crippen LogP contribution is -2.46. The zero-order valence-electron chi connectivity index (χ0n) is 22.3. The lowest BCUT2D eigenvalue weighted by molar-refractivity contribution is 0.243. The number of H-pyrrole nitrogens is 1. The highest BCUT2D eigenvalue weighted by atomic mass is 16.5. The number of hydrogen-bond donors (Lipinski definition) is 2. The van der Waals surface area contributed by atoms with Crippen LogP contribution in [0.4, 0.5) is 11.5 Å². The van der Waals surface area contributed by atoms with Crippen molar-refractivity contribution in [1.82, 2.24) is 24.8 Å². The maximum Gasteiger partial charge on any atom is 0.154 e. The normalized spacial score (nSPS) is 14.6. The van der Waals surface area contributed by atoms with Crippen LogP contribution in [0, 0.1) is 0 Å². The van der Waals surface area contributed by atoms with Gasteiger partial charge < -0.3 is 24.8 Å². The van der Waals surface area contributed by atoms with E-state index in [1.807, 2.05) is 13.0 Å². The van der Waals surface area contributed by atoms with Gasteiger partial charge in [0, 0.05) is 50.2 Å². The third kappa shape index (κ3) is 5.65. The molecular formula is C29H39N7O. The number of anilines is 2. The molecule has 1 fully saturated rings. The number of para-hydroxylation sites is 3. The van der Waals surface area contributed by atoms with Gasteiger partial charge in [-0.05, 0) is 38.2 Å². The van der Waals surface area contributed by atoms with Gasteiger partial charge >= 0.3 is 0 Å². The number of likely N-dealkylation sites (N-methyl/N-ethyl adjacent to an activating group) is 1. The fourth-order valence-corrected chi connectivity index (χ4v) is 5.17. The van der Waals surface area contributed by atoms with E-state index in [4.69, 9.17) is 14.7 Å². The van der Waals surface area contributed by atoms with Gasteiger partial charge in [-0.3, -0.25) is 4.90 Å². The van der Waals surface area contributed by atoms with Gasteiger partial charge in [0.25, 0.3) is 0 Å². The first-order valence-electron chi connectivity index (χ1n) is 13.6. The Labute approximate surface area is 219 Å². The predicted octanol–water partition coefficient (Wildman–Crippen LogP) is 4.59. The summed E-state index contributed by atoms with van der Waals surface area (Å²) < 4.78 is 5.87. The standard InChI is InChI=1S/C29H39N7O/c1-4-34(5-2)16-15-30-29-28-27(22-11-7-8-12-23(22)31-28)32-26(33-29)21-35-17-19-36(20-18-35)24-13-9-10-14-25(24)37-6-3/h7-14,31H,4-6,15-21H2,1-3H3,(H,30,32,33). The van der Waals surface area contributed by atoms with Crippen molar-refractivity contribution in [3.63, 3.8) is 0 Å². The summed E-state index contributed by atoms with van der Waals surface area (Å²) in [5.41, 5.74) is 4.26. The number of rotatable bonds is 11. The monoisotopic (exact) mass is 501 g/mol. The minimum absolute atomic E-state index is 0.677. The summed E-state index contributed by atoms with van der Waals surface area (Å²) >= 11 is 0. The molecule has 1 aliphatic heterocycles. The molecule has 2 N–H and O–H groups in total. The van der Waals surface area contributed by atoms with Crippen LogP contribution in [0.15, 0.2) is 48.5 Å². The summed E-state index contributed by atoms with van der Waals surface area (Å²) in [6, 6.07) is 16.7. The van der Waals surface area contributed by atoms with Crippen molar-refractivity contribution >= 4 is 33.4 Å². The molecule has 0 unspecified atom stereocenters. The molecule has 2 aromatic carbocycles. The van der Waals surface area contributed by atoms with Gasteiger partial charge in [-0.25, -0.2) is 9.97 Å². The molecule has 3 heterocycles. The molecule has 0 radical (unpaired) electrons. The summed E-state index contributed by atoms with van der Waals surface area (Å²) in [7, 11) is 0. The summed E-state index contributed by atoms with van der Waals surface area (Å²) in [5.74, 6) is 2.73. The van der Waals surface area contributed by atoms with Crippen molar-refractivity contribution in [2.45, 2.75) is 27.3 Å². The van der Waals surface area contributed by atoms with Crippen LogP contribution in [-0.4, -0.2) is 83.7 Å². The van der Waals surface area contributed by atoms with E-state index in [2.05, 4.69) is 81.3 Å². The van der Waals surface area contributed by atoms with Crippen LogP contribution in [0.25, 0.3) is 21.9 Å². The predicted molar refractivity (Wildman–Crippen MR) is 153 cm³/mol. The number of aromatic nitrogens is 3. The average Bonchev–Trinajstić information content (AvgIpc) is 3.31. The van der Waals surface area contributed by atoms with Gasteiger partial charge in [0.05, 0.1) is 18.8 Å². The summed E-state index contributed by atoms with van der Waals surface area (Å²) in [6.07, 6.45) is 0. The van der Waals surface area contributed by atoms with Crippen LogP contribution in [0.5, 0.6) is 5.75 Å². The molecule has 8 heteroatoms. The van der Waals surface area contributed by atoms with Crippen molar-refractivity contribution < 1.29 is 4.74 Å². The highest BCUT2D eigenvalue weighted by Crippen LogP contribution is 2.30. The van der Waals surface area contributed by atoms with Crippen LogP contribution >= 0.6 is 0 Å². The SMILES string of the molecule is CCOc1ccccc1N1CCN(Cc2nc(NCCN(CC)CC)c3[nH]c4ccccc4c3n2)CC1. The van der Waals surface area contributed by atoms with Crippen LogP contribution in [0.2, 0.25) is 0 Å². The number of ether oxygens (including phenoxy) is 1. The fraction of sp³-hybridized carbons (Fsp3) is 0.448. The molecule has 0 spiro atoms. The Balaban J connectivity index is 1.33. The Morgan fingerprint density at radius 3 is 2.49 bits per heavy atom. The van der Waals surface area contributed by atoms with E-state index in [0.29, 0.717) is 6.61 Å². The maximum atomic E-state index is 5.87. The molecule has 0 amide bonds. The number of benzene rings is 2. The Kier molecular flexibility index (Phi) is 8.06. The van der Waals surface area contributed by atoms with Gasteiger partial charge in [0.2, 0.25) is 0 Å². The molecule has 0 saturated carbocycles. The third-order valence-corrected chi connectivity index (χ3v) is 7.26. The van der Waals surface area contributed by atoms with Crippen molar-refractivity contribution in [2.24, 2.45) is 0 Å². The van der Waals surface area contributed by atoms with E-state index in [9.17, 15) is 0 Å². The lowest BCUT2D eigenvalue weighted by atomic mass is 10.2. The second-order valence-corrected chi connectivity index (χ2v) is 9.50. The Morgan fingerprint density at radius 2 is 1.70 bits per heavy atom. The quantitative estimate of drug-likeness (QED) is 0.312. The maximum absolute atomic E-state index is 5.87. The summed E-state index contributed by atoms with van der Waals surface area (Å²) in [5, 5.41) is 4.75. The smallest absolute Gasteiger partial charge is 0.154 e. The molecule has 1 saturated heterocycles. The first-order valence-corrected chi connectivity index (χ1v) is 13.6. The van der Waals surface area contributed by atoms with E-state index in [1.165, 1.54) is 5.69 Å². The Bertz CT molecular complexity index is 1310. The highest BCUT2D eigenvalue weighted by molar-refractivity contribution is 6.08. The molecule has 2 aromatic heterocycles. The van der Waals surface area contributed by atoms with E-state index in [-0.39, 0.29) is 0 Å². The van der Waals surface area contributed by atoms with E-state index in [0.717, 1.165) is 98.2 Å². The fourth-order valence-electron chi connectivity index (χ4n) is 5.17. The zero-order chi connectivity index (χ0) is 25.6. The molecule has 196 valence electrons. The van der Waals surface area contributed by atoms with Gasteiger partial charge in [-0.1, -0.05) is 44.2 Å². The van der Waals surface area contributed by atoms with Crippen molar-refractivity contribution in [2.75, 3.05) is 69.2 Å². The Morgan fingerprint density at radius 1 is 0.946 bits per heavy atom. The molecule has 8 nitrogen and oxygen atoms in total. The highest BCUT2D eigenvalue weighted by Gasteiger charge is 2.21. The van der Waals surface area contributed by atoms with Crippen LogP contribution in [0.3, 0.4) is 0 Å². The largest absolute Gasteiger partial charge is 0.492 e. The first-order chi connectivity index (χ1) is 18.2. The number of nitrogens with zero attached hydrogens (tertiary/aromatic N) is 5. The van der Waals surface area contributed by atoms with Crippen LogP contribution in [0.1, 0.15) is 26.6 Å². The first kappa shape index (κ1) is 25.3. The zero-order valence-corrected chi connectivity index (χ0v) is 22.3. The van der Waals surface area contributed by atoms with E-state index >= 15 is 0 Å². The number of fused-ring (bicyclic) bond motifs is 3. The second kappa shape index (κ2) is 11.8. The molecule has 0 bridgehead atoms. The van der Waals surface area contributed by atoms with E-state index in [1.54, 1.807) is 0 Å². The molecular weight excluding hydrogens is 462 g/mol. The molecule has 0 aliphatic carbocycles. The lowest BCUT2D eigenvalue weighted by Gasteiger charge is -2.36.